The van der Waals surface area contributed by atoms with Crippen molar-refractivity contribution in [2.75, 3.05) is 13.7 Å². The van der Waals surface area contributed by atoms with E-state index in [1.54, 1.807) is 13.2 Å². The predicted molar refractivity (Wildman–Crippen MR) is 107 cm³/mol. The number of amides is 1. The van der Waals surface area contributed by atoms with Crippen molar-refractivity contribution in [3.63, 3.8) is 0 Å². The molecule has 148 valence electrons. The standard InChI is InChI=1S/C22H27N3O3/c1-3-4-13-25-21(14-9-11-15(28-2)12-10-14)18-19(23-24-20(18)22(25)27)16-7-5-6-8-17(16)26/h5-12,18-21,23-24,26H,3-4,13H2,1-2H3. The number of carbonyl (C=O) groups is 1. The van der Waals surface area contributed by atoms with E-state index < -0.39 is 0 Å². The first-order chi connectivity index (χ1) is 13.7. The van der Waals surface area contributed by atoms with Crippen LogP contribution in [0.5, 0.6) is 11.5 Å². The molecule has 0 aromatic heterocycles. The first kappa shape index (κ1) is 18.8. The zero-order valence-electron chi connectivity index (χ0n) is 16.3. The molecular formula is C22H27N3O3. The summed E-state index contributed by atoms with van der Waals surface area (Å²) in [6, 6.07) is 14.8. The molecule has 0 radical (unpaired) electrons. The van der Waals surface area contributed by atoms with Gasteiger partial charge in [0.1, 0.15) is 17.5 Å². The van der Waals surface area contributed by atoms with Gasteiger partial charge in [-0.2, -0.15) is 0 Å². The Morgan fingerprint density at radius 3 is 2.46 bits per heavy atom. The Hall–Kier alpha value is -2.57. The van der Waals surface area contributed by atoms with Gasteiger partial charge in [-0.1, -0.05) is 43.7 Å². The molecule has 2 aliphatic heterocycles. The highest BCUT2D eigenvalue weighted by atomic mass is 16.5. The minimum absolute atomic E-state index is 0.0222. The van der Waals surface area contributed by atoms with Crippen LogP contribution in [0.2, 0.25) is 0 Å². The van der Waals surface area contributed by atoms with Crippen LogP contribution >= 0.6 is 0 Å². The molecule has 4 atom stereocenters. The second-order valence-corrected chi connectivity index (χ2v) is 7.48. The lowest BCUT2D eigenvalue weighted by Gasteiger charge is -2.31. The van der Waals surface area contributed by atoms with Gasteiger partial charge in [0.2, 0.25) is 5.91 Å². The van der Waals surface area contributed by atoms with Crippen LogP contribution in [0.15, 0.2) is 48.5 Å². The van der Waals surface area contributed by atoms with Gasteiger partial charge in [-0.3, -0.25) is 4.79 Å². The third-order valence-electron chi connectivity index (χ3n) is 5.90. The number of fused-ring (bicyclic) bond motifs is 1. The van der Waals surface area contributed by atoms with Crippen LogP contribution in [0.25, 0.3) is 0 Å². The zero-order chi connectivity index (χ0) is 19.7. The molecule has 2 saturated heterocycles. The van der Waals surface area contributed by atoms with Crippen molar-refractivity contribution >= 4 is 5.91 Å². The van der Waals surface area contributed by atoms with Gasteiger partial charge >= 0.3 is 0 Å². The Bertz CT molecular complexity index is 839. The van der Waals surface area contributed by atoms with Crippen LogP contribution in [0.4, 0.5) is 0 Å². The van der Waals surface area contributed by atoms with Crippen molar-refractivity contribution in [2.24, 2.45) is 5.92 Å². The van der Waals surface area contributed by atoms with Crippen molar-refractivity contribution in [3.8, 4) is 11.5 Å². The number of hydrazine groups is 1. The Morgan fingerprint density at radius 1 is 1.07 bits per heavy atom. The smallest absolute Gasteiger partial charge is 0.242 e. The number of ether oxygens (including phenoxy) is 1. The number of nitrogens with one attached hydrogen (secondary N) is 2. The van der Waals surface area contributed by atoms with Gasteiger partial charge in [-0.25, -0.2) is 10.9 Å². The number of rotatable bonds is 6. The maximum absolute atomic E-state index is 13.2. The number of phenolic OH excluding ortho intramolecular Hbond substituents is 1. The Balaban J connectivity index is 1.74. The second-order valence-electron chi connectivity index (χ2n) is 7.48. The number of likely N-dealkylation sites (tertiary alicyclic amines) is 1. The van der Waals surface area contributed by atoms with Crippen LogP contribution in [0, 0.1) is 5.92 Å². The normalized spacial score (nSPS) is 26.5. The number of carbonyl (C=O) groups excluding carboxylic acids is 1. The van der Waals surface area contributed by atoms with Crippen LogP contribution < -0.4 is 15.6 Å². The number of nitrogens with zero attached hydrogens (tertiary/aromatic N) is 1. The highest BCUT2D eigenvalue weighted by Gasteiger charge is 2.55. The lowest BCUT2D eigenvalue weighted by atomic mass is 9.83. The molecule has 2 heterocycles. The highest BCUT2D eigenvalue weighted by molar-refractivity contribution is 5.86. The fourth-order valence-corrected chi connectivity index (χ4v) is 4.50. The van der Waals surface area contributed by atoms with Gasteiger partial charge in [0, 0.05) is 18.0 Å². The van der Waals surface area contributed by atoms with E-state index in [4.69, 9.17) is 4.74 Å². The van der Waals surface area contributed by atoms with Gasteiger partial charge in [0.15, 0.2) is 0 Å². The van der Waals surface area contributed by atoms with Crippen molar-refractivity contribution in [3.05, 3.63) is 59.7 Å². The molecule has 28 heavy (non-hydrogen) atoms. The summed E-state index contributed by atoms with van der Waals surface area (Å²) in [5, 5.41) is 10.4. The summed E-state index contributed by atoms with van der Waals surface area (Å²) >= 11 is 0. The summed E-state index contributed by atoms with van der Waals surface area (Å²) in [4.78, 5) is 15.2. The number of unbranched alkanes of at least 4 members (excludes halogenated alkanes) is 1. The Labute approximate surface area is 165 Å². The van der Waals surface area contributed by atoms with Crippen molar-refractivity contribution < 1.29 is 14.6 Å². The molecule has 1 amide bonds. The van der Waals surface area contributed by atoms with Gasteiger partial charge in [-0.15, -0.1) is 0 Å². The fourth-order valence-electron chi connectivity index (χ4n) is 4.50. The van der Waals surface area contributed by atoms with Crippen molar-refractivity contribution in [1.29, 1.82) is 0 Å². The van der Waals surface area contributed by atoms with Crippen LogP contribution in [0.3, 0.4) is 0 Å². The maximum Gasteiger partial charge on any atom is 0.242 e. The molecule has 3 N–H and O–H groups in total. The Kier molecular flexibility index (Phi) is 5.24. The largest absolute Gasteiger partial charge is 0.508 e. The van der Waals surface area contributed by atoms with Gasteiger partial charge < -0.3 is 14.7 Å². The zero-order valence-corrected chi connectivity index (χ0v) is 16.3. The predicted octanol–water partition coefficient (Wildman–Crippen LogP) is 2.92. The lowest BCUT2D eigenvalue weighted by Crippen LogP contribution is -2.41. The number of aromatic hydroxyl groups is 1. The molecule has 0 bridgehead atoms. The summed E-state index contributed by atoms with van der Waals surface area (Å²) in [6.07, 6.45) is 2.00. The molecule has 4 rings (SSSR count). The van der Waals surface area contributed by atoms with E-state index in [9.17, 15) is 9.90 Å². The maximum atomic E-state index is 13.2. The molecule has 2 aliphatic rings. The minimum Gasteiger partial charge on any atom is -0.508 e. The number of hydrogen-bond donors (Lipinski definition) is 3. The second kappa shape index (κ2) is 7.81. The lowest BCUT2D eigenvalue weighted by molar-refractivity contribution is -0.130. The SMILES string of the molecule is CCCCN1C(=O)C2NNC(c3ccccc3O)C2C1c1ccc(OC)cc1. The average molecular weight is 381 g/mol. The third kappa shape index (κ3) is 3.12. The first-order valence-corrected chi connectivity index (χ1v) is 9.89. The molecule has 4 unspecified atom stereocenters. The molecule has 2 fully saturated rings. The number of phenols is 1. The average Bonchev–Trinajstić information content (AvgIpc) is 3.26. The molecule has 2 aromatic rings. The van der Waals surface area contributed by atoms with Gasteiger partial charge in [0.05, 0.1) is 19.2 Å². The third-order valence-corrected chi connectivity index (χ3v) is 5.90. The molecule has 0 aliphatic carbocycles. The molecule has 6 nitrogen and oxygen atoms in total. The monoisotopic (exact) mass is 381 g/mol. The fraction of sp³-hybridized carbons (Fsp3) is 0.409. The quantitative estimate of drug-likeness (QED) is 0.718. The van der Waals surface area contributed by atoms with E-state index in [1.165, 1.54) is 0 Å². The molecule has 0 spiro atoms. The van der Waals surface area contributed by atoms with Gasteiger partial charge in [0.25, 0.3) is 0 Å². The topological polar surface area (TPSA) is 73.8 Å². The number of methoxy groups -OCH3 is 1. The summed E-state index contributed by atoms with van der Waals surface area (Å²) in [6.45, 7) is 2.86. The summed E-state index contributed by atoms with van der Waals surface area (Å²) < 4.78 is 5.30. The van der Waals surface area contributed by atoms with E-state index in [1.807, 2.05) is 47.4 Å². The molecular weight excluding hydrogens is 354 g/mol. The summed E-state index contributed by atoms with van der Waals surface area (Å²) in [5.41, 5.74) is 8.36. The van der Waals surface area contributed by atoms with Gasteiger partial charge in [-0.05, 0) is 30.2 Å². The van der Waals surface area contributed by atoms with E-state index in [0.717, 1.165) is 36.3 Å². The molecule has 0 saturated carbocycles. The van der Waals surface area contributed by atoms with Crippen LogP contribution in [0.1, 0.15) is 43.0 Å². The van der Waals surface area contributed by atoms with E-state index in [2.05, 4.69) is 17.8 Å². The van der Waals surface area contributed by atoms with Crippen molar-refractivity contribution in [1.82, 2.24) is 15.8 Å². The molecule has 2 aromatic carbocycles. The number of para-hydroxylation sites is 1. The van der Waals surface area contributed by atoms with E-state index in [0.29, 0.717) is 0 Å². The summed E-state index contributed by atoms with van der Waals surface area (Å²) in [5.74, 6) is 1.13. The molecule has 6 heteroatoms. The van der Waals surface area contributed by atoms with E-state index >= 15 is 0 Å². The minimum atomic E-state index is -0.312. The van der Waals surface area contributed by atoms with Crippen molar-refractivity contribution in [2.45, 2.75) is 37.9 Å². The number of benzene rings is 2. The van der Waals surface area contributed by atoms with Crippen LogP contribution in [-0.2, 0) is 4.79 Å². The Morgan fingerprint density at radius 2 is 1.79 bits per heavy atom. The first-order valence-electron chi connectivity index (χ1n) is 9.89. The summed E-state index contributed by atoms with van der Waals surface area (Å²) in [7, 11) is 1.65. The highest BCUT2D eigenvalue weighted by Crippen LogP contribution is 2.48. The van der Waals surface area contributed by atoms with E-state index in [-0.39, 0.29) is 35.7 Å². The number of hydrogen-bond acceptors (Lipinski definition) is 5. The van der Waals surface area contributed by atoms with Crippen LogP contribution in [-0.4, -0.2) is 35.6 Å².